The van der Waals surface area contributed by atoms with E-state index in [0.717, 1.165) is 6.07 Å². The zero-order valence-corrected chi connectivity index (χ0v) is 10.5. The molecule has 0 bridgehead atoms. The minimum absolute atomic E-state index is 0.0534. The molecule has 7 nitrogen and oxygen atoms in total. The van der Waals surface area contributed by atoms with Crippen molar-refractivity contribution in [2.75, 3.05) is 18.9 Å². The molecule has 1 aromatic carbocycles. The van der Waals surface area contributed by atoms with Gasteiger partial charge >= 0.3 is 0 Å². The molecule has 0 aliphatic carbocycles. The van der Waals surface area contributed by atoms with Crippen molar-refractivity contribution in [3.8, 4) is 0 Å². The van der Waals surface area contributed by atoms with Crippen molar-refractivity contribution in [2.45, 2.75) is 12.5 Å². The topological polar surface area (TPSA) is 104 Å². The number of anilines is 1. The first-order valence-electron chi connectivity index (χ1n) is 5.57. The van der Waals surface area contributed by atoms with Gasteiger partial charge in [-0.3, -0.25) is 14.9 Å². The number of carbonyl (C=O) groups is 1. The maximum atomic E-state index is 12.1. The predicted octanol–water partition coefficient (Wildman–Crippen LogP) is 0.992. The molecule has 1 aromatic rings. The summed E-state index contributed by atoms with van der Waals surface area (Å²) < 4.78 is 24.3. The summed E-state index contributed by atoms with van der Waals surface area (Å²) in [4.78, 5) is 21.5. The number of halogens is 2. The zero-order chi connectivity index (χ0) is 15.3. The Labute approximate surface area is 112 Å². The lowest BCUT2D eigenvalue weighted by molar-refractivity contribution is -0.384. The van der Waals surface area contributed by atoms with Gasteiger partial charge in [0.25, 0.3) is 18.0 Å². The number of aliphatic hydroxyl groups excluding tert-OH is 1. The summed E-state index contributed by atoms with van der Waals surface area (Å²) in [5, 5.41) is 24.5. The van der Waals surface area contributed by atoms with Crippen LogP contribution >= 0.6 is 0 Å². The minimum atomic E-state index is -2.95. The van der Waals surface area contributed by atoms with E-state index >= 15 is 0 Å². The fourth-order valence-corrected chi connectivity index (χ4v) is 1.42. The van der Waals surface area contributed by atoms with Gasteiger partial charge in [-0.25, -0.2) is 8.78 Å². The van der Waals surface area contributed by atoms with Crippen LogP contribution in [0, 0.1) is 10.1 Å². The van der Waals surface area contributed by atoms with E-state index in [1.165, 1.54) is 19.2 Å². The van der Waals surface area contributed by atoms with E-state index in [1.807, 2.05) is 0 Å². The Balaban J connectivity index is 2.96. The predicted molar refractivity (Wildman–Crippen MR) is 67.0 cm³/mol. The second kappa shape index (κ2) is 6.75. The van der Waals surface area contributed by atoms with Crippen molar-refractivity contribution in [1.29, 1.82) is 0 Å². The van der Waals surface area contributed by atoms with Gasteiger partial charge in [0.1, 0.15) is 11.8 Å². The molecule has 0 spiro atoms. The molecule has 0 radical (unpaired) electrons. The van der Waals surface area contributed by atoms with Crippen LogP contribution in [-0.2, 0) is 0 Å². The molecule has 0 aliphatic heterocycles. The third-order valence-electron chi connectivity index (χ3n) is 2.48. The Hall–Kier alpha value is -2.29. The summed E-state index contributed by atoms with van der Waals surface area (Å²) in [5.74, 6) is -0.507. The van der Waals surface area contributed by atoms with E-state index in [9.17, 15) is 23.7 Å². The summed E-state index contributed by atoms with van der Waals surface area (Å²) >= 11 is 0. The van der Waals surface area contributed by atoms with Gasteiger partial charge in [-0.1, -0.05) is 0 Å². The molecule has 110 valence electrons. The summed E-state index contributed by atoms with van der Waals surface area (Å²) in [6.45, 7) is -0.544. The number of aliphatic hydroxyl groups is 1. The molecular formula is C11H13F2N3O4. The Kier molecular flexibility index (Phi) is 5.32. The van der Waals surface area contributed by atoms with E-state index in [1.54, 1.807) is 0 Å². The van der Waals surface area contributed by atoms with E-state index < -0.39 is 35.6 Å². The number of benzene rings is 1. The summed E-state index contributed by atoms with van der Waals surface area (Å²) in [6.07, 6.45) is -4.89. The summed E-state index contributed by atoms with van der Waals surface area (Å²) in [6, 6.07) is 3.56. The quantitative estimate of drug-likeness (QED) is 0.535. The first-order chi connectivity index (χ1) is 9.36. The van der Waals surface area contributed by atoms with Crippen LogP contribution in [-0.4, -0.2) is 42.1 Å². The van der Waals surface area contributed by atoms with Gasteiger partial charge in [-0.15, -0.1) is 0 Å². The first kappa shape index (κ1) is 15.8. The molecule has 1 rings (SSSR count). The second-order valence-electron chi connectivity index (χ2n) is 3.85. The van der Waals surface area contributed by atoms with Gasteiger partial charge in [0.2, 0.25) is 0 Å². The third kappa shape index (κ3) is 3.85. The summed E-state index contributed by atoms with van der Waals surface area (Å²) in [5.41, 5.74) is -0.422. The fraction of sp³-hybridized carbons (Fsp3) is 0.364. The number of hydrogen-bond acceptors (Lipinski definition) is 5. The fourth-order valence-electron chi connectivity index (χ4n) is 1.42. The smallest absolute Gasteiger partial charge is 0.293 e. The Bertz CT molecular complexity index is 510. The monoisotopic (exact) mass is 289 g/mol. The third-order valence-corrected chi connectivity index (χ3v) is 2.48. The summed E-state index contributed by atoms with van der Waals surface area (Å²) in [7, 11) is 1.37. The van der Waals surface area contributed by atoms with Gasteiger partial charge in [0, 0.05) is 25.2 Å². The normalized spacial score (nSPS) is 12.1. The number of nitrogens with zero attached hydrogens (tertiary/aromatic N) is 1. The minimum Gasteiger partial charge on any atom is -0.385 e. The van der Waals surface area contributed by atoms with Crippen molar-refractivity contribution in [3.63, 3.8) is 0 Å². The van der Waals surface area contributed by atoms with Crippen LogP contribution in [0.15, 0.2) is 18.2 Å². The molecule has 0 heterocycles. The van der Waals surface area contributed by atoms with Gasteiger partial charge in [-0.2, -0.15) is 0 Å². The van der Waals surface area contributed by atoms with Crippen LogP contribution in [0.2, 0.25) is 0 Å². The van der Waals surface area contributed by atoms with Gasteiger partial charge < -0.3 is 15.7 Å². The highest BCUT2D eigenvalue weighted by molar-refractivity contribution is 5.95. The maximum Gasteiger partial charge on any atom is 0.293 e. The number of nitro benzene ring substituents is 1. The lowest BCUT2D eigenvalue weighted by Crippen LogP contribution is -2.27. The molecule has 0 aliphatic rings. The van der Waals surface area contributed by atoms with E-state index in [-0.39, 0.29) is 11.3 Å². The van der Waals surface area contributed by atoms with Crippen molar-refractivity contribution in [3.05, 3.63) is 33.9 Å². The van der Waals surface area contributed by atoms with E-state index in [2.05, 4.69) is 10.6 Å². The molecule has 1 amide bonds. The number of amides is 1. The highest BCUT2D eigenvalue weighted by Crippen LogP contribution is 2.25. The molecule has 1 unspecified atom stereocenters. The molecular weight excluding hydrogens is 276 g/mol. The molecule has 0 saturated carbocycles. The molecule has 1 atom stereocenters. The van der Waals surface area contributed by atoms with Gasteiger partial charge in [0.05, 0.1) is 4.92 Å². The highest BCUT2D eigenvalue weighted by atomic mass is 19.3. The second-order valence-corrected chi connectivity index (χ2v) is 3.85. The number of alkyl halides is 2. The highest BCUT2D eigenvalue weighted by Gasteiger charge is 2.20. The average molecular weight is 289 g/mol. The number of nitro groups is 1. The van der Waals surface area contributed by atoms with Crippen LogP contribution in [0.25, 0.3) is 0 Å². The van der Waals surface area contributed by atoms with Crippen LogP contribution in [0.1, 0.15) is 10.4 Å². The van der Waals surface area contributed by atoms with Gasteiger partial charge in [-0.05, 0) is 12.1 Å². The Morgan fingerprint density at radius 1 is 1.50 bits per heavy atom. The molecule has 0 saturated heterocycles. The van der Waals surface area contributed by atoms with Crippen molar-refractivity contribution in [1.82, 2.24) is 5.32 Å². The molecule has 9 heteroatoms. The molecule has 3 N–H and O–H groups in total. The first-order valence-corrected chi connectivity index (χ1v) is 5.57. The van der Waals surface area contributed by atoms with Crippen LogP contribution in [0.3, 0.4) is 0 Å². The van der Waals surface area contributed by atoms with Crippen molar-refractivity contribution < 1.29 is 23.6 Å². The number of hydrogen-bond donors (Lipinski definition) is 3. The van der Waals surface area contributed by atoms with Crippen LogP contribution in [0.5, 0.6) is 0 Å². The standard InChI is InChI=1S/C11H13F2N3O4/c1-14-11(18)6-2-3-7(8(4-6)16(19)20)15-5-9(17)10(12)13/h2-4,9-10,15,17H,5H2,1H3,(H,14,18). The number of nitrogens with one attached hydrogen (secondary N) is 2. The van der Waals surface area contributed by atoms with Crippen LogP contribution < -0.4 is 10.6 Å². The van der Waals surface area contributed by atoms with Crippen molar-refractivity contribution >= 4 is 17.3 Å². The zero-order valence-electron chi connectivity index (χ0n) is 10.5. The Morgan fingerprint density at radius 2 is 2.15 bits per heavy atom. The van der Waals surface area contributed by atoms with E-state index in [0.29, 0.717) is 0 Å². The molecule has 0 aromatic heterocycles. The number of carbonyl (C=O) groups excluding carboxylic acids is 1. The Morgan fingerprint density at radius 3 is 2.65 bits per heavy atom. The molecule has 20 heavy (non-hydrogen) atoms. The van der Waals surface area contributed by atoms with Crippen LogP contribution in [0.4, 0.5) is 20.2 Å². The van der Waals surface area contributed by atoms with Gasteiger partial charge in [0.15, 0.2) is 0 Å². The lowest BCUT2D eigenvalue weighted by atomic mass is 10.1. The number of rotatable bonds is 6. The maximum absolute atomic E-state index is 12.1. The van der Waals surface area contributed by atoms with E-state index in [4.69, 9.17) is 5.11 Å². The van der Waals surface area contributed by atoms with Crippen molar-refractivity contribution in [2.24, 2.45) is 0 Å². The largest absolute Gasteiger partial charge is 0.385 e. The SMILES string of the molecule is CNC(=O)c1ccc(NCC(O)C(F)F)c([N+](=O)[O-])c1. The molecule has 0 fully saturated rings. The lowest BCUT2D eigenvalue weighted by Gasteiger charge is -2.12. The average Bonchev–Trinajstić information content (AvgIpc) is 2.43.